The van der Waals surface area contributed by atoms with E-state index >= 15 is 0 Å². The lowest BCUT2D eigenvalue weighted by Gasteiger charge is -2.14. The van der Waals surface area contributed by atoms with Crippen LogP contribution in [0.25, 0.3) is 0 Å². The second kappa shape index (κ2) is 5.97. The fraction of sp³-hybridized carbons (Fsp3) is 0.286. The van der Waals surface area contributed by atoms with Crippen LogP contribution in [0.15, 0.2) is 39.7 Å². The normalized spacial score (nSPS) is 13.4. The van der Waals surface area contributed by atoms with E-state index in [0.717, 1.165) is 14.9 Å². The van der Waals surface area contributed by atoms with Gasteiger partial charge >= 0.3 is 0 Å². The zero-order valence-corrected chi connectivity index (χ0v) is 14.7. The number of nitrogens with one attached hydrogen (secondary N) is 1. The molecule has 0 aliphatic heterocycles. The summed E-state index contributed by atoms with van der Waals surface area (Å²) in [5, 5.41) is 0. The number of rotatable bonds is 4. The van der Waals surface area contributed by atoms with Crippen molar-refractivity contribution in [3.05, 3.63) is 50.1 Å². The summed E-state index contributed by atoms with van der Waals surface area (Å²) in [4.78, 5) is 2.50. The van der Waals surface area contributed by atoms with Gasteiger partial charge in [0.25, 0.3) is 0 Å². The average Bonchev–Trinajstić information content (AvgIpc) is 2.78. The number of benzene rings is 1. The Hall–Kier alpha value is -0.690. The van der Waals surface area contributed by atoms with Gasteiger partial charge in [-0.2, -0.15) is 0 Å². The van der Waals surface area contributed by atoms with Gasteiger partial charge in [-0.3, -0.25) is 0 Å². The summed E-state index contributed by atoms with van der Waals surface area (Å²) in [5.74, 6) is 0. The Bertz CT molecular complexity index is 723. The van der Waals surface area contributed by atoms with E-state index in [1.165, 1.54) is 4.88 Å². The number of halogens is 1. The van der Waals surface area contributed by atoms with Crippen LogP contribution < -0.4 is 4.72 Å². The van der Waals surface area contributed by atoms with Crippen molar-refractivity contribution in [3.63, 3.8) is 0 Å². The van der Waals surface area contributed by atoms with E-state index in [0.29, 0.717) is 4.90 Å². The molecule has 1 atom stereocenters. The highest BCUT2D eigenvalue weighted by Gasteiger charge is 2.21. The van der Waals surface area contributed by atoms with Crippen LogP contribution in [0.3, 0.4) is 0 Å². The first-order valence-electron chi connectivity index (χ1n) is 6.14. The number of thiophene rings is 1. The summed E-state index contributed by atoms with van der Waals surface area (Å²) < 4.78 is 28.4. The Morgan fingerprint density at radius 1 is 1.20 bits per heavy atom. The molecular formula is C14H16BrNO2S2. The van der Waals surface area contributed by atoms with Gasteiger partial charge in [-0.1, -0.05) is 22.0 Å². The minimum absolute atomic E-state index is 0.239. The van der Waals surface area contributed by atoms with Crippen LogP contribution >= 0.6 is 27.3 Å². The molecule has 20 heavy (non-hydrogen) atoms. The summed E-state index contributed by atoms with van der Waals surface area (Å²) in [6, 6.07) is 8.97. The van der Waals surface area contributed by atoms with Gasteiger partial charge < -0.3 is 0 Å². The van der Waals surface area contributed by atoms with Crippen molar-refractivity contribution in [2.24, 2.45) is 0 Å². The molecule has 1 unspecified atom stereocenters. The Balaban J connectivity index is 2.29. The fourth-order valence-electron chi connectivity index (χ4n) is 1.90. The molecule has 2 rings (SSSR count). The van der Waals surface area contributed by atoms with Crippen LogP contribution in [0, 0.1) is 13.8 Å². The standard InChI is InChI=1S/C14H16BrNO2S2/c1-9-4-6-12(15)8-14(9)20(17,18)16-11(3)13-7-5-10(2)19-13/h4-8,11,16H,1-3H3. The maximum atomic E-state index is 12.5. The lowest BCUT2D eigenvalue weighted by molar-refractivity contribution is 0.568. The zero-order chi connectivity index (χ0) is 14.9. The molecule has 3 nitrogen and oxygen atoms in total. The number of hydrogen-bond acceptors (Lipinski definition) is 3. The van der Waals surface area contributed by atoms with Crippen LogP contribution in [0.2, 0.25) is 0 Å². The molecule has 0 bridgehead atoms. The van der Waals surface area contributed by atoms with Crippen molar-refractivity contribution >= 4 is 37.3 Å². The molecule has 0 saturated carbocycles. The van der Waals surface area contributed by atoms with Gasteiger partial charge in [0.2, 0.25) is 10.0 Å². The lowest BCUT2D eigenvalue weighted by atomic mass is 10.2. The van der Waals surface area contributed by atoms with Crippen LogP contribution in [0.4, 0.5) is 0 Å². The highest BCUT2D eigenvalue weighted by atomic mass is 79.9. The molecule has 1 heterocycles. The van der Waals surface area contributed by atoms with Crippen molar-refractivity contribution in [1.82, 2.24) is 4.72 Å². The molecule has 6 heteroatoms. The number of hydrogen-bond donors (Lipinski definition) is 1. The van der Waals surface area contributed by atoms with Crippen LogP contribution in [-0.4, -0.2) is 8.42 Å². The van der Waals surface area contributed by atoms with Crippen LogP contribution in [0.1, 0.15) is 28.3 Å². The monoisotopic (exact) mass is 373 g/mol. The van der Waals surface area contributed by atoms with Crippen LogP contribution in [0.5, 0.6) is 0 Å². The number of aryl methyl sites for hydroxylation is 2. The third-order valence-corrected chi connectivity index (χ3v) is 6.32. The largest absolute Gasteiger partial charge is 0.241 e. The quantitative estimate of drug-likeness (QED) is 0.873. The van der Waals surface area contributed by atoms with Crippen LogP contribution in [-0.2, 0) is 10.0 Å². The molecule has 0 spiro atoms. The average molecular weight is 374 g/mol. The highest BCUT2D eigenvalue weighted by Crippen LogP contribution is 2.26. The van der Waals surface area contributed by atoms with Crippen molar-refractivity contribution in [2.75, 3.05) is 0 Å². The van der Waals surface area contributed by atoms with Gasteiger partial charge in [-0.25, -0.2) is 13.1 Å². The molecule has 0 aliphatic rings. The maximum Gasteiger partial charge on any atom is 0.241 e. The van der Waals surface area contributed by atoms with Crippen molar-refractivity contribution in [2.45, 2.75) is 31.7 Å². The molecule has 0 saturated heterocycles. The molecule has 1 N–H and O–H groups in total. The first-order chi connectivity index (χ1) is 9.29. The van der Waals surface area contributed by atoms with E-state index in [-0.39, 0.29) is 6.04 Å². The molecule has 0 amide bonds. The minimum atomic E-state index is -3.52. The Morgan fingerprint density at radius 3 is 2.50 bits per heavy atom. The minimum Gasteiger partial charge on any atom is -0.207 e. The topological polar surface area (TPSA) is 46.2 Å². The lowest BCUT2D eigenvalue weighted by Crippen LogP contribution is -2.27. The Labute approximate surface area is 132 Å². The van der Waals surface area contributed by atoms with E-state index in [2.05, 4.69) is 20.7 Å². The molecule has 0 fully saturated rings. The van der Waals surface area contributed by atoms with Crippen molar-refractivity contribution < 1.29 is 8.42 Å². The van der Waals surface area contributed by atoms with Crippen molar-refractivity contribution in [1.29, 1.82) is 0 Å². The second-order valence-corrected chi connectivity index (χ2v) is 8.62. The summed E-state index contributed by atoms with van der Waals surface area (Å²) >= 11 is 4.92. The van der Waals surface area contributed by atoms with E-state index in [4.69, 9.17) is 0 Å². The SMILES string of the molecule is Cc1ccc(C(C)NS(=O)(=O)c2cc(Br)ccc2C)s1. The van der Waals surface area contributed by atoms with Crippen molar-refractivity contribution in [3.8, 4) is 0 Å². The predicted octanol–water partition coefficient (Wildman–Crippen LogP) is 4.17. The molecule has 0 radical (unpaired) electrons. The second-order valence-electron chi connectivity index (χ2n) is 4.70. The fourth-order valence-corrected chi connectivity index (χ4v) is 4.86. The van der Waals surface area contributed by atoms with Gasteiger partial charge in [0.1, 0.15) is 0 Å². The van der Waals surface area contributed by atoms with Gasteiger partial charge in [-0.15, -0.1) is 11.3 Å². The van der Waals surface area contributed by atoms with E-state index < -0.39 is 10.0 Å². The Kier molecular flexibility index (Phi) is 4.69. The summed E-state index contributed by atoms with van der Waals surface area (Å²) in [5.41, 5.74) is 0.732. The van der Waals surface area contributed by atoms with E-state index in [1.54, 1.807) is 30.4 Å². The van der Waals surface area contributed by atoms with E-state index in [1.807, 2.05) is 32.0 Å². The molecule has 108 valence electrons. The molecule has 0 aliphatic carbocycles. The van der Waals surface area contributed by atoms with Gasteiger partial charge in [0.15, 0.2) is 0 Å². The third kappa shape index (κ3) is 3.49. The van der Waals surface area contributed by atoms with Gasteiger partial charge in [-0.05, 0) is 50.6 Å². The van der Waals surface area contributed by atoms with E-state index in [9.17, 15) is 8.42 Å². The first-order valence-corrected chi connectivity index (χ1v) is 9.23. The molecule has 1 aromatic carbocycles. The van der Waals surface area contributed by atoms with Gasteiger partial charge in [0, 0.05) is 14.2 Å². The first kappa shape index (κ1) is 15.7. The maximum absolute atomic E-state index is 12.5. The smallest absolute Gasteiger partial charge is 0.207 e. The molecule has 1 aromatic heterocycles. The molecular weight excluding hydrogens is 358 g/mol. The summed E-state index contributed by atoms with van der Waals surface area (Å²) in [6.45, 7) is 5.66. The predicted molar refractivity (Wildman–Crippen MR) is 86.7 cm³/mol. The highest BCUT2D eigenvalue weighted by molar-refractivity contribution is 9.10. The third-order valence-electron chi connectivity index (χ3n) is 2.96. The summed E-state index contributed by atoms with van der Waals surface area (Å²) in [6.07, 6.45) is 0. The summed E-state index contributed by atoms with van der Waals surface area (Å²) in [7, 11) is -3.52. The van der Waals surface area contributed by atoms with Gasteiger partial charge in [0.05, 0.1) is 10.9 Å². The molecule has 2 aromatic rings. The Morgan fingerprint density at radius 2 is 1.90 bits per heavy atom. The number of sulfonamides is 1. The zero-order valence-electron chi connectivity index (χ0n) is 11.5.